The van der Waals surface area contributed by atoms with E-state index in [1.807, 2.05) is 0 Å². The number of rotatable bonds is 20. The summed E-state index contributed by atoms with van der Waals surface area (Å²) in [5, 5.41) is 25.7. The van der Waals surface area contributed by atoms with Crippen LogP contribution in [-0.2, 0) is 30.4 Å². The summed E-state index contributed by atoms with van der Waals surface area (Å²) in [6.07, 6.45) is 4.98. The van der Waals surface area contributed by atoms with Crippen LogP contribution in [0.2, 0.25) is 0 Å². The van der Waals surface area contributed by atoms with Gasteiger partial charge in [-0.3, -0.25) is 19.2 Å². The number of nitrogens with zero attached hydrogens (tertiary/aromatic N) is 1. The molecule has 0 aliphatic carbocycles. The van der Waals surface area contributed by atoms with E-state index in [4.69, 9.17) is 22.3 Å². The molecule has 0 spiro atoms. The summed E-state index contributed by atoms with van der Waals surface area (Å²) < 4.78 is 0. The van der Waals surface area contributed by atoms with E-state index in [0.717, 1.165) is 0 Å². The third kappa shape index (κ3) is 12.6. The second-order valence-corrected chi connectivity index (χ2v) is 8.91. The summed E-state index contributed by atoms with van der Waals surface area (Å²) in [5.41, 5.74) is 17.5. The highest BCUT2D eigenvalue weighted by Crippen LogP contribution is 2.07. The number of carboxylic acids is 2. The number of nitrogens with two attached hydrogens (primary N) is 3. The Hall–Kier alpha value is -3.56. The van der Waals surface area contributed by atoms with Crippen molar-refractivity contribution < 1.29 is 34.2 Å². The molecule has 214 valence electrons. The second kappa shape index (κ2) is 17.8. The van der Waals surface area contributed by atoms with Crippen LogP contribution in [0.25, 0.3) is 0 Å². The van der Waals surface area contributed by atoms with Crippen LogP contribution in [0.3, 0.4) is 0 Å². The minimum Gasteiger partial charge on any atom is -0.481 e. The molecule has 0 aliphatic rings. The number of aliphatic carboxylic acids is 2. The Kier molecular flexibility index (Phi) is 15.2. The predicted molar refractivity (Wildman–Crippen MR) is 136 cm³/mol. The van der Waals surface area contributed by atoms with Crippen molar-refractivity contribution in [1.29, 1.82) is 0 Å². The van der Waals surface area contributed by atoms with Crippen LogP contribution < -0.4 is 33.2 Å². The highest BCUT2D eigenvalue weighted by atomic mass is 16.4. The van der Waals surface area contributed by atoms with Crippen molar-refractivity contribution in [1.82, 2.24) is 25.9 Å². The monoisotopic (exact) mass is 540 g/mol. The van der Waals surface area contributed by atoms with Gasteiger partial charge < -0.3 is 48.3 Å². The van der Waals surface area contributed by atoms with E-state index < -0.39 is 60.2 Å². The third-order valence-corrected chi connectivity index (χ3v) is 5.76. The molecule has 4 unspecified atom stereocenters. The number of nitrogens with one attached hydrogen (secondary N) is 4. The first-order valence-electron chi connectivity index (χ1n) is 12.6. The van der Waals surface area contributed by atoms with Crippen molar-refractivity contribution in [3.8, 4) is 0 Å². The van der Waals surface area contributed by atoms with Crippen molar-refractivity contribution in [3.05, 3.63) is 18.2 Å². The molecule has 3 amide bonds. The average molecular weight is 541 g/mol. The number of aromatic amines is 1. The highest BCUT2D eigenvalue weighted by molar-refractivity contribution is 5.94. The Bertz CT molecular complexity index is 896. The molecule has 0 aromatic carbocycles. The predicted octanol–water partition coefficient (Wildman–Crippen LogP) is -2.06. The van der Waals surface area contributed by atoms with Crippen molar-refractivity contribution in [2.24, 2.45) is 17.2 Å². The van der Waals surface area contributed by atoms with Crippen molar-refractivity contribution in [2.45, 2.75) is 82.0 Å². The molecule has 0 radical (unpaired) electrons. The number of hydrogen-bond donors (Lipinski definition) is 9. The highest BCUT2D eigenvalue weighted by Gasteiger charge is 2.30. The van der Waals surface area contributed by atoms with Crippen molar-refractivity contribution >= 4 is 29.7 Å². The lowest BCUT2D eigenvalue weighted by Crippen LogP contribution is -2.57. The molecule has 15 heteroatoms. The van der Waals surface area contributed by atoms with Crippen LogP contribution in [0.1, 0.15) is 57.1 Å². The smallest absolute Gasteiger partial charge is 0.326 e. The van der Waals surface area contributed by atoms with Crippen LogP contribution in [0, 0.1) is 0 Å². The largest absolute Gasteiger partial charge is 0.481 e. The SMILES string of the molecule is NCCCCC(N)C(=O)NC(Cc1cnc[nH]1)C(=O)NC(CCCCN)C(=O)NC(CCC(=O)O)C(=O)O. The fraction of sp³-hybridized carbons (Fsp3) is 0.652. The zero-order chi connectivity index (χ0) is 28.5. The van der Waals surface area contributed by atoms with Crippen molar-refractivity contribution in [2.75, 3.05) is 13.1 Å². The lowest BCUT2D eigenvalue weighted by atomic mass is 10.0. The lowest BCUT2D eigenvalue weighted by molar-refractivity contribution is -0.143. The van der Waals surface area contributed by atoms with E-state index in [0.29, 0.717) is 50.9 Å². The molecule has 15 nitrogen and oxygen atoms in total. The maximum atomic E-state index is 13.3. The Balaban J connectivity index is 3.01. The van der Waals surface area contributed by atoms with Gasteiger partial charge in [-0.15, -0.1) is 0 Å². The fourth-order valence-corrected chi connectivity index (χ4v) is 3.58. The lowest BCUT2D eigenvalue weighted by Gasteiger charge is -2.25. The Morgan fingerprint density at radius 1 is 0.816 bits per heavy atom. The van der Waals surface area contributed by atoms with E-state index >= 15 is 0 Å². The first kappa shape index (κ1) is 32.5. The first-order valence-corrected chi connectivity index (χ1v) is 12.6. The molecule has 0 saturated heterocycles. The van der Waals surface area contributed by atoms with Crippen LogP contribution in [0.15, 0.2) is 12.5 Å². The molecule has 1 heterocycles. The van der Waals surface area contributed by atoms with Crippen LogP contribution in [-0.4, -0.2) is 87.1 Å². The van der Waals surface area contributed by atoms with Gasteiger partial charge >= 0.3 is 11.9 Å². The number of imidazole rings is 1. The van der Waals surface area contributed by atoms with Gasteiger partial charge in [0.1, 0.15) is 18.1 Å². The molecule has 0 fully saturated rings. The number of aromatic nitrogens is 2. The summed E-state index contributed by atoms with van der Waals surface area (Å²) >= 11 is 0. The van der Waals surface area contributed by atoms with Gasteiger partial charge in [-0.2, -0.15) is 0 Å². The minimum atomic E-state index is -1.46. The molecular formula is C23H40N8O7. The van der Waals surface area contributed by atoms with Crippen LogP contribution in [0.4, 0.5) is 0 Å². The number of amides is 3. The van der Waals surface area contributed by atoms with Gasteiger partial charge in [0.05, 0.1) is 12.4 Å². The van der Waals surface area contributed by atoms with E-state index in [1.54, 1.807) is 0 Å². The number of carbonyl (C=O) groups excluding carboxylic acids is 3. The molecule has 4 atom stereocenters. The molecular weight excluding hydrogens is 500 g/mol. The molecule has 0 saturated carbocycles. The van der Waals surface area contributed by atoms with Crippen LogP contribution in [0.5, 0.6) is 0 Å². The molecule has 0 aliphatic heterocycles. The number of carboxylic acid groups (broad SMARTS) is 2. The number of carbonyl (C=O) groups is 5. The Morgan fingerprint density at radius 3 is 1.95 bits per heavy atom. The maximum Gasteiger partial charge on any atom is 0.326 e. The summed E-state index contributed by atoms with van der Waals surface area (Å²) in [7, 11) is 0. The Labute approximate surface area is 220 Å². The Morgan fingerprint density at radius 2 is 1.39 bits per heavy atom. The standard InChI is InChI=1S/C23H40N8O7/c24-9-3-1-5-15(26)20(34)31-18(11-14-12-27-13-28-14)22(36)29-16(6-2-4-10-25)21(35)30-17(23(37)38)7-8-19(32)33/h12-13,15-18H,1-11,24-26H2,(H,27,28)(H,29,36)(H,30,35)(H,31,34)(H,32,33)(H,37,38). The summed E-state index contributed by atoms with van der Waals surface area (Å²) in [5.74, 6) is -4.65. The number of hydrogen-bond acceptors (Lipinski definition) is 9. The molecule has 1 aromatic heterocycles. The van der Waals surface area contributed by atoms with E-state index in [-0.39, 0.29) is 19.3 Å². The number of unbranched alkanes of at least 4 members (excludes halogenated alkanes) is 2. The second-order valence-electron chi connectivity index (χ2n) is 8.91. The maximum absolute atomic E-state index is 13.3. The van der Waals surface area contributed by atoms with Gasteiger partial charge in [0.25, 0.3) is 0 Å². The van der Waals surface area contributed by atoms with Gasteiger partial charge in [0, 0.05) is 24.7 Å². The average Bonchev–Trinajstić information content (AvgIpc) is 3.38. The molecule has 0 bridgehead atoms. The normalized spacial score (nSPS) is 14.1. The zero-order valence-electron chi connectivity index (χ0n) is 21.4. The summed E-state index contributed by atoms with van der Waals surface area (Å²) in [4.78, 5) is 68.0. The van der Waals surface area contributed by atoms with Gasteiger partial charge in [-0.05, 0) is 51.6 Å². The topological polar surface area (TPSA) is 269 Å². The minimum absolute atomic E-state index is 0.0284. The molecule has 1 rings (SSSR count). The summed E-state index contributed by atoms with van der Waals surface area (Å²) in [6, 6.07) is -4.59. The molecule has 38 heavy (non-hydrogen) atoms. The van der Waals surface area contributed by atoms with E-state index in [2.05, 4.69) is 25.9 Å². The molecule has 12 N–H and O–H groups in total. The zero-order valence-corrected chi connectivity index (χ0v) is 21.4. The quantitative estimate of drug-likeness (QED) is 0.0811. The first-order chi connectivity index (χ1) is 18.1. The van der Waals surface area contributed by atoms with Crippen LogP contribution >= 0.6 is 0 Å². The number of H-pyrrole nitrogens is 1. The summed E-state index contributed by atoms with van der Waals surface area (Å²) in [6.45, 7) is 0.811. The third-order valence-electron chi connectivity index (χ3n) is 5.76. The fourth-order valence-electron chi connectivity index (χ4n) is 3.58. The van der Waals surface area contributed by atoms with Gasteiger partial charge in [-0.25, -0.2) is 9.78 Å². The van der Waals surface area contributed by atoms with E-state index in [9.17, 15) is 29.1 Å². The van der Waals surface area contributed by atoms with Gasteiger partial charge in [0.2, 0.25) is 17.7 Å². The van der Waals surface area contributed by atoms with Gasteiger partial charge in [0.15, 0.2) is 0 Å². The van der Waals surface area contributed by atoms with Gasteiger partial charge in [-0.1, -0.05) is 6.42 Å². The molecule has 1 aromatic rings. The van der Waals surface area contributed by atoms with Crippen molar-refractivity contribution in [3.63, 3.8) is 0 Å². The van der Waals surface area contributed by atoms with E-state index in [1.165, 1.54) is 12.5 Å².